The van der Waals surface area contributed by atoms with E-state index >= 15 is 0 Å². The zero-order valence-corrected chi connectivity index (χ0v) is 14.3. The molecule has 1 fully saturated rings. The van der Waals surface area contributed by atoms with Crippen molar-refractivity contribution in [2.24, 2.45) is 0 Å². The first-order valence-electron chi connectivity index (χ1n) is 7.99. The van der Waals surface area contributed by atoms with Crippen LogP contribution in [0, 0.1) is 6.92 Å². The second-order valence-corrected chi connectivity index (χ2v) is 6.21. The van der Waals surface area contributed by atoms with Crippen LogP contribution in [0.4, 0.5) is 0 Å². The van der Waals surface area contributed by atoms with Gasteiger partial charge in [-0.1, -0.05) is 41.9 Å². The Hall–Kier alpha value is -2.04. The van der Waals surface area contributed by atoms with E-state index in [1.54, 1.807) is 17.0 Å². The molecule has 2 aromatic carbocycles. The lowest BCUT2D eigenvalue weighted by Gasteiger charge is -2.33. The second-order valence-electron chi connectivity index (χ2n) is 5.80. The minimum absolute atomic E-state index is 0.0650. The van der Waals surface area contributed by atoms with E-state index in [4.69, 9.17) is 21.1 Å². The lowest BCUT2D eigenvalue weighted by Crippen LogP contribution is -2.47. The summed E-state index contributed by atoms with van der Waals surface area (Å²) in [5.74, 6) is 0.778. The van der Waals surface area contributed by atoms with E-state index in [1.807, 2.05) is 43.3 Å². The van der Waals surface area contributed by atoms with E-state index in [0.717, 1.165) is 11.3 Å². The van der Waals surface area contributed by atoms with Crippen LogP contribution in [-0.2, 0) is 4.74 Å². The van der Waals surface area contributed by atoms with Crippen molar-refractivity contribution in [2.45, 2.75) is 13.0 Å². The van der Waals surface area contributed by atoms with Gasteiger partial charge in [0.2, 0.25) is 0 Å². The number of halogens is 1. The highest BCUT2D eigenvalue weighted by molar-refractivity contribution is 6.33. The molecule has 0 aromatic heterocycles. The number of carbonyl (C=O) groups excluding carboxylic acids is 1. The molecule has 5 heteroatoms. The average molecular weight is 346 g/mol. The lowest BCUT2D eigenvalue weighted by molar-refractivity contribution is -0.0402. The molecule has 3 rings (SSSR count). The van der Waals surface area contributed by atoms with Crippen molar-refractivity contribution in [1.29, 1.82) is 0 Å². The summed E-state index contributed by atoms with van der Waals surface area (Å²) in [5, 5.41) is 0.474. The summed E-state index contributed by atoms with van der Waals surface area (Å²) in [6.07, 6.45) is -0.148. The number of carbonyl (C=O) groups is 1. The molecule has 0 radical (unpaired) electrons. The van der Waals surface area contributed by atoms with Gasteiger partial charge in [-0.05, 0) is 30.7 Å². The summed E-state index contributed by atoms with van der Waals surface area (Å²) in [6, 6.07) is 15.0. The van der Waals surface area contributed by atoms with Gasteiger partial charge in [-0.3, -0.25) is 4.79 Å². The molecule has 0 bridgehead atoms. The molecule has 1 heterocycles. The van der Waals surface area contributed by atoms with Gasteiger partial charge in [0, 0.05) is 6.54 Å². The molecule has 0 unspecified atom stereocenters. The maximum atomic E-state index is 12.6. The van der Waals surface area contributed by atoms with Gasteiger partial charge in [-0.25, -0.2) is 0 Å². The normalized spacial score (nSPS) is 17.6. The van der Waals surface area contributed by atoms with Crippen LogP contribution in [0.2, 0.25) is 5.02 Å². The van der Waals surface area contributed by atoms with E-state index in [0.29, 0.717) is 36.9 Å². The van der Waals surface area contributed by atoms with Crippen molar-refractivity contribution in [3.05, 3.63) is 64.7 Å². The molecule has 24 heavy (non-hydrogen) atoms. The SMILES string of the molecule is Cc1ccccc1OC[C@H]1CN(C(=O)c2ccccc2Cl)CCO1. The number of morpholine rings is 1. The topological polar surface area (TPSA) is 38.8 Å². The van der Waals surface area contributed by atoms with Gasteiger partial charge in [-0.15, -0.1) is 0 Å². The van der Waals surface area contributed by atoms with Gasteiger partial charge >= 0.3 is 0 Å². The van der Waals surface area contributed by atoms with Gasteiger partial charge in [0.15, 0.2) is 0 Å². The zero-order valence-electron chi connectivity index (χ0n) is 13.6. The maximum absolute atomic E-state index is 12.6. The Morgan fingerprint density at radius 1 is 1.25 bits per heavy atom. The minimum atomic E-state index is -0.148. The van der Waals surface area contributed by atoms with E-state index in [1.165, 1.54) is 0 Å². The van der Waals surface area contributed by atoms with Crippen molar-refractivity contribution in [3.63, 3.8) is 0 Å². The number of para-hydroxylation sites is 1. The van der Waals surface area contributed by atoms with Crippen LogP contribution >= 0.6 is 11.6 Å². The van der Waals surface area contributed by atoms with Crippen LogP contribution in [0.15, 0.2) is 48.5 Å². The zero-order chi connectivity index (χ0) is 16.9. The summed E-state index contributed by atoms with van der Waals surface area (Å²) in [4.78, 5) is 14.4. The predicted molar refractivity (Wildman–Crippen MR) is 93.8 cm³/mol. The first-order valence-corrected chi connectivity index (χ1v) is 8.37. The van der Waals surface area contributed by atoms with E-state index < -0.39 is 0 Å². The molecule has 1 amide bonds. The van der Waals surface area contributed by atoms with E-state index in [2.05, 4.69) is 0 Å². The lowest BCUT2D eigenvalue weighted by atomic mass is 10.1. The van der Waals surface area contributed by atoms with Crippen LogP contribution < -0.4 is 4.74 Å². The maximum Gasteiger partial charge on any atom is 0.255 e. The summed E-state index contributed by atoms with van der Waals surface area (Å²) in [6.45, 7) is 3.97. The first-order chi connectivity index (χ1) is 11.6. The number of amides is 1. The van der Waals surface area contributed by atoms with Gasteiger partial charge in [0.05, 0.1) is 23.7 Å². The minimum Gasteiger partial charge on any atom is -0.491 e. The van der Waals surface area contributed by atoms with Crippen molar-refractivity contribution >= 4 is 17.5 Å². The molecular weight excluding hydrogens is 326 g/mol. The molecule has 1 atom stereocenters. The average Bonchev–Trinajstić information content (AvgIpc) is 2.61. The molecule has 2 aromatic rings. The highest BCUT2D eigenvalue weighted by Crippen LogP contribution is 2.20. The molecule has 1 saturated heterocycles. The monoisotopic (exact) mass is 345 g/mol. The molecule has 1 aliphatic rings. The number of hydrogen-bond donors (Lipinski definition) is 0. The van der Waals surface area contributed by atoms with E-state index in [9.17, 15) is 4.79 Å². The molecule has 0 spiro atoms. The molecular formula is C19H20ClNO3. The number of benzene rings is 2. The standard InChI is InChI=1S/C19H20ClNO3/c1-14-6-2-5-9-18(14)24-13-15-12-21(10-11-23-15)19(22)16-7-3-4-8-17(16)20/h2-9,15H,10-13H2,1H3/t15-/m1/s1. The summed E-state index contributed by atoms with van der Waals surface area (Å²) >= 11 is 6.13. The number of aryl methyl sites for hydroxylation is 1. The number of ether oxygens (including phenoxy) is 2. The molecule has 0 N–H and O–H groups in total. The van der Waals surface area contributed by atoms with Crippen molar-refractivity contribution in [1.82, 2.24) is 4.90 Å². The Balaban J connectivity index is 1.61. The van der Waals surface area contributed by atoms with Crippen LogP contribution in [0.3, 0.4) is 0 Å². The highest BCUT2D eigenvalue weighted by atomic mass is 35.5. The largest absolute Gasteiger partial charge is 0.491 e. The molecule has 0 saturated carbocycles. The van der Waals surface area contributed by atoms with Crippen LogP contribution in [0.1, 0.15) is 15.9 Å². The number of nitrogens with zero attached hydrogens (tertiary/aromatic N) is 1. The van der Waals surface area contributed by atoms with Gasteiger partial charge in [0.1, 0.15) is 18.5 Å². The van der Waals surface area contributed by atoms with Crippen LogP contribution in [-0.4, -0.2) is 43.2 Å². The summed E-state index contributed by atoms with van der Waals surface area (Å²) in [5.41, 5.74) is 1.61. The Morgan fingerprint density at radius 2 is 2.00 bits per heavy atom. The number of rotatable bonds is 4. The summed E-state index contributed by atoms with van der Waals surface area (Å²) in [7, 11) is 0. The third-order valence-electron chi connectivity index (χ3n) is 4.05. The molecule has 4 nitrogen and oxygen atoms in total. The quantitative estimate of drug-likeness (QED) is 0.850. The van der Waals surface area contributed by atoms with Gasteiger partial charge in [0.25, 0.3) is 5.91 Å². The highest BCUT2D eigenvalue weighted by Gasteiger charge is 2.26. The van der Waals surface area contributed by atoms with E-state index in [-0.39, 0.29) is 12.0 Å². The van der Waals surface area contributed by atoms with Crippen LogP contribution in [0.5, 0.6) is 5.75 Å². The Kier molecular flexibility index (Phi) is 5.38. The Morgan fingerprint density at radius 3 is 2.79 bits per heavy atom. The second kappa shape index (κ2) is 7.69. The Labute approximate surface area is 146 Å². The number of hydrogen-bond acceptors (Lipinski definition) is 3. The van der Waals surface area contributed by atoms with Gasteiger partial charge < -0.3 is 14.4 Å². The van der Waals surface area contributed by atoms with Crippen molar-refractivity contribution in [3.8, 4) is 5.75 Å². The fraction of sp³-hybridized carbons (Fsp3) is 0.316. The van der Waals surface area contributed by atoms with Gasteiger partial charge in [-0.2, -0.15) is 0 Å². The van der Waals surface area contributed by atoms with Crippen molar-refractivity contribution < 1.29 is 14.3 Å². The Bertz CT molecular complexity index is 719. The molecule has 1 aliphatic heterocycles. The predicted octanol–water partition coefficient (Wildman–Crippen LogP) is 3.57. The fourth-order valence-corrected chi connectivity index (χ4v) is 2.93. The van der Waals surface area contributed by atoms with Crippen molar-refractivity contribution in [2.75, 3.05) is 26.3 Å². The third-order valence-corrected chi connectivity index (χ3v) is 4.38. The first kappa shape index (κ1) is 16.8. The molecule has 0 aliphatic carbocycles. The third kappa shape index (κ3) is 3.89. The molecule has 126 valence electrons. The summed E-state index contributed by atoms with van der Waals surface area (Å²) < 4.78 is 11.6. The van der Waals surface area contributed by atoms with Crippen LogP contribution in [0.25, 0.3) is 0 Å². The smallest absolute Gasteiger partial charge is 0.255 e. The fourth-order valence-electron chi connectivity index (χ4n) is 2.71.